The summed E-state index contributed by atoms with van der Waals surface area (Å²) in [6.07, 6.45) is -0.0156. The van der Waals surface area contributed by atoms with Crippen LogP contribution >= 0.6 is 11.8 Å². The monoisotopic (exact) mass is 367 g/mol. The number of alkyl halides is 2. The number of ether oxygens (including phenoxy) is 2. The second-order valence-electron chi connectivity index (χ2n) is 5.39. The largest absolute Gasteiger partial charge is 0.493 e. The van der Waals surface area contributed by atoms with E-state index in [1.807, 2.05) is 13.8 Å². The summed E-state index contributed by atoms with van der Waals surface area (Å²) in [6.45, 7) is 3.80. The van der Waals surface area contributed by atoms with Crippen LogP contribution in [-0.2, 0) is 0 Å². The van der Waals surface area contributed by atoms with Gasteiger partial charge in [-0.2, -0.15) is 8.78 Å². The second kappa shape index (κ2) is 8.71. The van der Waals surface area contributed by atoms with Crippen LogP contribution in [0.1, 0.15) is 24.2 Å². The normalized spacial score (nSPS) is 10.8. The minimum Gasteiger partial charge on any atom is -0.493 e. The lowest BCUT2D eigenvalue weighted by atomic mass is 10.1. The minimum atomic E-state index is -2.47. The molecule has 0 fully saturated rings. The molecule has 4 nitrogen and oxygen atoms in total. The fraction of sp³-hybridized carbons (Fsp3) is 0.278. The van der Waals surface area contributed by atoms with Gasteiger partial charge in [-0.1, -0.05) is 11.8 Å². The molecule has 0 heterocycles. The van der Waals surface area contributed by atoms with Gasteiger partial charge < -0.3 is 14.8 Å². The Morgan fingerprint density at radius 1 is 1.08 bits per heavy atom. The van der Waals surface area contributed by atoms with Gasteiger partial charge >= 0.3 is 0 Å². The van der Waals surface area contributed by atoms with Crippen LogP contribution in [0.3, 0.4) is 0 Å². The lowest BCUT2D eigenvalue weighted by Crippen LogP contribution is -2.13. The predicted octanol–water partition coefficient (Wildman–Crippen LogP) is 5.05. The highest BCUT2D eigenvalue weighted by molar-refractivity contribution is 7.99. The quantitative estimate of drug-likeness (QED) is 0.696. The van der Waals surface area contributed by atoms with Crippen molar-refractivity contribution in [3.8, 4) is 11.5 Å². The van der Waals surface area contributed by atoms with E-state index in [0.717, 1.165) is 0 Å². The number of hydrogen-bond donors (Lipinski definition) is 1. The SMILES string of the molecule is COc1cc(C(=O)Nc2ccc(SC(F)F)cc2)ccc1OC(C)C. The molecule has 0 saturated carbocycles. The molecule has 0 aliphatic carbocycles. The third-order valence-electron chi connectivity index (χ3n) is 3.13. The second-order valence-corrected chi connectivity index (χ2v) is 6.45. The number of carbonyl (C=O) groups excluding carboxylic acids is 1. The highest BCUT2D eigenvalue weighted by atomic mass is 32.2. The Kier molecular flexibility index (Phi) is 6.64. The van der Waals surface area contributed by atoms with E-state index in [1.165, 1.54) is 19.2 Å². The molecule has 0 aliphatic heterocycles. The summed E-state index contributed by atoms with van der Waals surface area (Å²) in [7, 11) is 1.50. The summed E-state index contributed by atoms with van der Waals surface area (Å²) in [4.78, 5) is 12.8. The van der Waals surface area contributed by atoms with Crippen molar-refractivity contribution in [1.82, 2.24) is 0 Å². The van der Waals surface area contributed by atoms with Gasteiger partial charge in [0.1, 0.15) is 0 Å². The fourth-order valence-electron chi connectivity index (χ4n) is 2.08. The van der Waals surface area contributed by atoms with Crippen molar-refractivity contribution in [2.24, 2.45) is 0 Å². The molecule has 1 N–H and O–H groups in total. The molecule has 2 aromatic rings. The van der Waals surface area contributed by atoms with Crippen LogP contribution in [0, 0.1) is 0 Å². The highest BCUT2D eigenvalue weighted by Crippen LogP contribution is 2.30. The lowest BCUT2D eigenvalue weighted by Gasteiger charge is -2.14. The number of methoxy groups -OCH3 is 1. The van der Waals surface area contributed by atoms with Gasteiger partial charge in [0, 0.05) is 16.1 Å². The van der Waals surface area contributed by atoms with E-state index >= 15 is 0 Å². The summed E-state index contributed by atoms with van der Waals surface area (Å²) in [6, 6.07) is 11.1. The number of nitrogens with one attached hydrogen (secondary N) is 1. The van der Waals surface area contributed by atoms with Crippen LogP contribution in [0.15, 0.2) is 47.4 Å². The van der Waals surface area contributed by atoms with Crippen LogP contribution in [0.25, 0.3) is 0 Å². The Balaban J connectivity index is 2.09. The maximum Gasteiger partial charge on any atom is 0.288 e. The van der Waals surface area contributed by atoms with Crippen molar-refractivity contribution in [2.45, 2.75) is 30.6 Å². The molecule has 2 rings (SSSR count). The topological polar surface area (TPSA) is 47.6 Å². The molecule has 0 aliphatic rings. The molecular formula is C18H19F2NO3S. The predicted molar refractivity (Wildman–Crippen MR) is 95.0 cm³/mol. The average Bonchev–Trinajstić information content (AvgIpc) is 2.56. The molecule has 0 saturated heterocycles. The minimum absolute atomic E-state index is 0.0156. The smallest absolute Gasteiger partial charge is 0.288 e. The number of carbonyl (C=O) groups is 1. The molecule has 0 spiro atoms. The first kappa shape index (κ1) is 19.1. The Morgan fingerprint density at radius 3 is 2.32 bits per heavy atom. The van der Waals surface area contributed by atoms with Crippen molar-refractivity contribution in [1.29, 1.82) is 0 Å². The molecule has 2 aromatic carbocycles. The standard InChI is InChI=1S/C18H19F2NO3S/c1-11(2)24-15-9-4-12(10-16(15)23-3)17(22)21-13-5-7-14(8-6-13)25-18(19)20/h4-11,18H,1-3H3,(H,21,22). The molecular weight excluding hydrogens is 348 g/mol. The van der Waals surface area contributed by atoms with E-state index in [2.05, 4.69) is 5.32 Å². The van der Waals surface area contributed by atoms with Crippen LogP contribution < -0.4 is 14.8 Å². The number of amides is 1. The molecule has 1 amide bonds. The highest BCUT2D eigenvalue weighted by Gasteiger charge is 2.13. The number of hydrogen-bond acceptors (Lipinski definition) is 4. The molecule has 0 aromatic heterocycles. The summed E-state index contributed by atoms with van der Waals surface area (Å²) in [5.41, 5.74) is 0.920. The third kappa shape index (κ3) is 5.63. The Hall–Kier alpha value is -2.28. The van der Waals surface area contributed by atoms with Gasteiger partial charge in [0.15, 0.2) is 11.5 Å². The lowest BCUT2D eigenvalue weighted by molar-refractivity contribution is 0.102. The zero-order valence-electron chi connectivity index (χ0n) is 14.1. The summed E-state index contributed by atoms with van der Waals surface area (Å²) < 4.78 is 35.5. The van der Waals surface area contributed by atoms with Crippen molar-refractivity contribution < 1.29 is 23.0 Å². The third-order valence-corrected chi connectivity index (χ3v) is 3.85. The van der Waals surface area contributed by atoms with Crippen LogP contribution in [0.2, 0.25) is 0 Å². The Morgan fingerprint density at radius 2 is 1.76 bits per heavy atom. The van der Waals surface area contributed by atoms with Gasteiger partial charge in [-0.05, 0) is 56.3 Å². The Bertz CT molecular complexity index is 721. The van der Waals surface area contributed by atoms with E-state index in [1.54, 1.807) is 30.3 Å². The average molecular weight is 367 g/mol. The van der Waals surface area contributed by atoms with E-state index < -0.39 is 5.76 Å². The van der Waals surface area contributed by atoms with Crippen molar-refractivity contribution in [2.75, 3.05) is 12.4 Å². The van der Waals surface area contributed by atoms with Gasteiger partial charge in [-0.15, -0.1) is 0 Å². The zero-order chi connectivity index (χ0) is 18.4. The maximum absolute atomic E-state index is 12.3. The van der Waals surface area contributed by atoms with Gasteiger partial charge in [0.2, 0.25) is 0 Å². The van der Waals surface area contributed by atoms with E-state index in [4.69, 9.17) is 9.47 Å². The molecule has 134 valence electrons. The number of thioether (sulfide) groups is 1. The number of benzene rings is 2. The van der Waals surface area contributed by atoms with Gasteiger partial charge in [-0.25, -0.2) is 0 Å². The van der Waals surface area contributed by atoms with E-state index in [-0.39, 0.29) is 12.0 Å². The fourth-order valence-corrected chi connectivity index (χ4v) is 2.58. The molecule has 25 heavy (non-hydrogen) atoms. The van der Waals surface area contributed by atoms with Crippen molar-refractivity contribution >= 4 is 23.4 Å². The van der Waals surface area contributed by atoms with Crippen LogP contribution in [-0.4, -0.2) is 24.9 Å². The summed E-state index contributed by atoms with van der Waals surface area (Å²) in [5.74, 6) is -1.78. The molecule has 0 bridgehead atoms. The first-order valence-corrected chi connectivity index (χ1v) is 8.48. The number of halogens is 2. The van der Waals surface area contributed by atoms with Gasteiger partial charge in [0.05, 0.1) is 13.2 Å². The number of rotatable bonds is 7. The first-order chi connectivity index (χ1) is 11.9. The van der Waals surface area contributed by atoms with Gasteiger partial charge in [-0.3, -0.25) is 4.79 Å². The van der Waals surface area contributed by atoms with E-state index in [0.29, 0.717) is 39.4 Å². The summed E-state index contributed by atoms with van der Waals surface area (Å²) >= 11 is 0.457. The van der Waals surface area contributed by atoms with E-state index in [9.17, 15) is 13.6 Å². The zero-order valence-corrected chi connectivity index (χ0v) is 14.9. The maximum atomic E-state index is 12.3. The molecule has 0 atom stereocenters. The summed E-state index contributed by atoms with van der Waals surface area (Å²) in [5, 5.41) is 2.72. The van der Waals surface area contributed by atoms with Gasteiger partial charge in [0.25, 0.3) is 11.7 Å². The van der Waals surface area contributed by atoms with Crippen molar-refractivity contribution in [3.05, 3.63) is 48.0 Å². The molecule has 0 unspecified atom stereocenters. The van der Waals surface area contributed by atoms with Crippen LogP contribution in [0.5, 0.6) is 11.5 Å². The molecule has 0 radical (unpaired) electrons. The number of anilines is 1. The van der Waals surface area contributed by atoms with Crippen LogP contribution in [0.4, 0.5) is 14.5 Å². The first-order valence-electron chi connectivity index (χ1n) is 7.60. The molecule has 7 heteroatoms. The Labute approximate surface area is 149 Å². The van der Waals surface area contributed by atoms with Crippen molar-refractivity contribution in [3.63, 3.8) is 0 Å².